The second-order valence-electron chi connectivity index (χ2n) is 6.32. The van der Waals surface area contributed by atoms with Crippen LogP contribution < -0.4 is 5.32 Å². The van der Waals surface area contributed by atoms with E-state index in [1.165, 1.54) is 5.56 Å². The van der Waals surface area contributed by atoms with Crippen LogP contribution in [0.25, 0.3) is 10.9 Å². The Morgan fingerprint density at radius 3 is 2.52 bits per heavy atom. The van der Waals surface area contributed by atoms with Crippen LogP contribution in [-0.4, -0.2) is 36.1 Å². The van der Waals surface area contributed by atoms with Crippen molar-refractivity contribution in [2.24, 2.45) is 0 Å². The number of para-hydroxylation sites is 1. The first kappa shape index (κ1) is 16.8. The van der Waals surface area contributed by atoms with Crippen LogP contribution in [0.4, 0.5) is 0 Å². The van der Waals surface area contributed by atoms with Crippen molar-refractivity contribution in [2.45, 2.75) is 6.04 Å². The van der Waals surface area contributed by atoms with Gasteiger partial charge in [0.25, 0.3) is 0 Å². The van der Waals surface area contributed by atoms with E-state index in [0.717, 1.165) is 42.6 Å². The molecule has 128 valence electrons. The Hall–Kier alpha value is -1.65. The molecule has 1 aromatic heterocycles. The maximum Gasteiger partial charge on any atom is 0.0702 e. The average Bonchev–Trinajstić information content (AvgIpc) is 2.66. The van der Waals surface area contributed by atoms with E-state index in [1.54, 1.807) is 0 Å². The molecule has 5 heteroatoms. The van der Waals surface area contributed by atoms with Crippen LogP contribution in [0, 0.1) is 0 Å². The lowest BCUT2D eigenvalue weighted by molar-refractivity contribution is 0.198. The molecule has 1 fully saturated rings. The van der Waals surface area contributed by atoms with Crippen molar-refractivity contribution in [1.82, 2.24) is 15.2 Å². The van der Waals surface area contributed by atoms with E-state index in [0.29, 0.717) is 10.0 Å². The smallest absolute Gasteiger partial charge is 0.0702 e. The number of aromatic nitrogens is 1. The number of rotatable bonds is 3. The average molecular weight is 372 g/mol. The summed E-state index contributed by atoms with van der Waals surface area (Å²) >= 11 is 12.4. The first-order chi connectivity index (χ1) is 12.2. The van der Waals surface area contributed by atoms with E-state index in [4.69, 9.17) is 23.2 Å². The van der Waals surface area contributed by atoms with Crippen molar-refractivity contribution < 1.29 is 0 Å². The minimum Gasteiger partial charge on any atom is -0.314 e. The van der Waals surface area contributed by atoms with E-state index in [1.807, 2.05) is 36.5 Å². The molecule has 0 spiro atoms. The normalized spacial score (nSPS) is 16.9. The molecule has 1 atom stereocenters. The maximum absolute atomic E-state index is 6.30. The molecule has 4 rings (SSSR count). The third-order valence-electron chi connectivity index (χ3n) is 4.70. The lowest BCUT2D eigenvalue weighted by atomic mass is 9.96. The Kier molecular flexibility index (Phi) is 4.91. The molecule has 1 N–H and O–H groups in total. The van der Waals surface area contributed by atoms with Crippen molar-refractivity contribution in [2.75, 3.05) is 26.2 Å². The first-order valence-electron chi connectivity index (χ1n) is 8.47. The topological polar surface area (TPSA) is 28.2 Å². The van der Waals surface area contributed by atoms with Crippen LogP contribution in [0.1, 0.15) is 17.2 Å². The Bertz CT molecular complexity index is 891. The van der Waals surface area contributed by atoms with Gasteiger partial charge in [-0.25, -0.2) is 0 Å². The summed E-state index contributed by atoms with van der Waals surface area (Å²) in [4.78, 5) is 7.14. The van der Waals surface area contributed by atoms with Gasteiger partial charge >= 0.3 is 0 Å². The molecule has 1 unspecified atom stereocenters. The fourth-order valence-electron chi connectivity index (χ4n) is 3.47. The molecule has 2 aromatic carbocycles. The molecule has 1 aliphatic heterocycles. The van der Waals surface area contributed by atoms with Crippen molar-refractivity contribution in [1.29, 1.82) is 0 Å². The van der Waals surface area contributed by atoms with Crippen LogP contribution >= 0.6 is 23.2 Å². The monoisotopic (exact) mass is 371 g/mol. The third kappa shape index (κ3) is 3.51. The fraction of sp³-hybridized carbons (Fsp3) is 0.250. The highest BCUT2D eigenvalue weighted by atomic mass is 35.5. The second-order valence-corrected chi connectivity index (χ2v) is 7.14. The lowest BCUT2D eigenvalue weighted by Crippen LogP contribution is -2.45. The van der Waals surface area contributed by atoms with Gasteiger partial charge < -0.3 is 5.32 Å². The summed E-state index contributed by atoms with van der Waals surface area (Å²) in [5, 5.41) is 5.75. The summed E-state index contributed by atoms with van der Waals surface area (Å²) in [5.74, 6) is 0. The number of fused-ring (bicyclic) bond motifs is 1. The van der Waals surface area contributed by atoms with Gasteiger partial charge in [0.1, 0.15) is 0 Å². The highest BCUT2D eigenvalue weighted by Gasteiger charge is 2.25. The van der Waals surface area contributed by atoms with Crippen molar-refractivity contribution in [3.05, 3.63) is 75.9 Å². The number of nitrogens with zero attached hydrogens (tertiary/aromatic N) is 2. The molecule has 0 radical (unpaired) electrons. The van der Waals surface area contributed by atoms with Crippen molar-refractivity contribution >= 4 is 34.1 Å². The zero-order valence-corrected chi connectivity index (χ0v) is 15.3. The molecule has 1 aliphatic rings. The van der Waals surface area contributed by atoms with Gasteiger partial charge in [-0.1, -0.05) is 47.5 Å². The van der Waals surface area contributed by atoms with Gasteiger partial charge in [-0.2, -0.15) is 0 Å². The molecule has 1 saturated heterocycles. The van der Waals surface area contributed by atoms with Crippen LogP contribution in [0.5, 0.6) is 0 Å². The van der Waals surface area contributed by atoms with Crippen LogP contribution in [0.2, 0.25) is 10.0 Å². The zero-order valence-electron chi connectivity index (χ0n) is 13.8. The predicted octanol–water partition coefficient (Wildman–Crippen LogP) is 4.54. The van der Waals surface area contributed by atoms with Gasteiger partial charge in [0.15, 0.2) is 0 Å². The zero-order chi connectivity index (χ0) is 17.2. The number of halogens is 2. The molecule has 3 nitrogen and oxygen atoms in total. The van der Waals surface area contributed by atoms with Crippen LogP contribution in [0.3, 0.4) is 0 Å². The van der Waals surface area contributed by atoms with Gasteiger partial charge in [0.2, 0.25) is 0 Å². The van der Waals surface area contributed by atoms with Gasteiger partial charge in [0, 0.05) is 37.8 Å². The number of hydrogen-bond acceptors (Lipinski definition) is 3. The molecule has 3 aromatic rings. The molecule has 0 bridgehead atoms. The van der Waals surface area contributed by atoms with Crippen LogP contribution in [0.15, 0.2) is 54.7 Å². The Morgan fingerprint density at radius 2 is 1.72 bits per heavy atom. The molecular weight excluding hydrogens is 353 g/mol. The predicted molar refractivity (Wildman–Crippen MR) is 104 cm³/mol. The highest BCUT2D eigenvalue weighted by Crippen LogP contribution is 2.33. The molecule has 2 heterocycles. The van der Waals surface area contributed by atoms with Crippen molar-refractivity contribution in [3.63, 3.8) is 0 Å². The van der Waals surface area contributed by atoms with Gasteiger partial charge in [-0.05, 0) is 35.4 Å². The molecular formula is C20H19Cl2N3. The number of pyridine rings is 1. The SMILES string of the molecule is Clc1ccc(C(c2cnc3ccccc3c2)N2CCNCC2)cc1Cl. The number of benzene rings is 2. The third-order valence-corrected chi connectivity index (χ3v) is 5.44. The second kappa shape index (κ2) is 7.30. The quantitative estimate of drug-likeness (QED) is 0.732. The minimum absolute atomic E-state index is 0.119. The molecule has 25 heavy (non-hydrogen) atoms. The van der Waals surface area contributed by atoms with Crippen LogP contribution in [-0.2, 0) is 0 Å². The highest BCUT2D eigenvalue weighted by molar-refractivity contribution is 6.42. The number of hydrogen-bond donors (Lipinski definition) is 1. The summed E-state index contributed by atoms with van der Waals surface area (Å²) < 4.78 is 0. The number of nitrogens with one attached hydrogen (secondary N) is 1. The summed E-state index contributed by atoms with van der Waals surface area (Å²) in [6.07, 6.45) is 1.98. The first-order valence-corrected chi connectivity index (χ1v) is 9.22. The summed E-state index contributed by atoms with van der Waals surface area (Å²) in [6.45, 7) is 3.94. The van der Waals surface area contributed by atoms with E-state index in [-0.39, 0.29) is 6.04 Å². The molecule has 0 saturated carbocycles. The maximum atomic E-state index is 6.30. The Balaban J connectivity index is 1.81. The fourth-order valence-corrected chi connectivity index (χ4v) is 3.78. The van der Waals surface area contributed by atoms with Gasteiger partial charge in [-0.3, -0.25) is 9.88 Å². The summed E-state index contributed by atoms with van der Waals surface area (Å²) in [5.41, 5.74) is 3.34. The standard InChI is InChI=1S/C20H19Cl2N3/c21-17-6-5-15(12-18(17)22)20(25-9-7-23-8-10-25)16-11-14-3-1-2-4-19(14)24-13-16/h1-6,11-13,20,23H,7-10H2. The van der Waals surface area contributed by atoms with Gasteiger partial charge in [-0.15, -0.1) is 0 Å². The Labute approximate surface area is 157 Å². The van der Waals surface area contributed by atoms with E-state index in [2.05, 4.69) is 33.4 Å². The molecule has 0 amide bonds. The summed E-state index contributed by atoms with van der Waals surface area (Å²) in [7, 11) is 0. The Morgan fingerprint density at radius 1 is 0.920 bits per heavy atom. The molecule has 0 aliphatic carbocycles. The van der Waals surface area contributed by atoms with E-state index >= 15 is 0 Å². The van der Waals surface area contributed by atoms with Gasteiger partial charge in [0.05, 0.1) is 21.6 Å². The minimum atomic E-state index is 0.119. The summed E-state index contributed by atoms with van der Waals surface area (Å²) in [6, 6.07) is 16.5. The lowest BCUT2D eigenvalue weighted by Gasteiger charge is -2.35. The number of piperazine rings is 1. The van der Waals surface area contributed by atoms with E-state index < -0.39 is 0 Å². The van der Waals surface area contributed by atoms with E-state index in [9.17, 15) is 0 Å². The largest absolute Gasteiger partial charge is 0.314 e. The van der Waals surface area contributed by atoms with Crippen molar-refractivity contribution in [3.8, 4) is 0 Å².